The van der Waals surface area contributed by atoms with E-state index in [1.807, 2.05) is 12.1 Å². The van der Waals surface area contributed by atoms with Gasteiger partial charge in [-0.25, -0.2) is 9.59 Å². The number of aliphatic carboxylic acids is 1. The summed E-state index contributed by atoms with van der Waals surface area (Å²) < 4.78 is 24.6. The Balaban J connectivity index is 1.28. The van der Waals surface area contributed by atoms with Gasteiger partial charge in [0.25, 0.3) is 0 Å². The Kier molecular flexibility index (Phi) is 10.8. The van der Waals surface area contributed by atoms with Gasteiger partial charge in [0.2, 0.25) is 0 Å². The van der Waals surface area contributed by atoms with Gasteiger partial charge in [0.1, 0.15) is 0 Å². The second kappa shape index (κ2) is 14.9. The maximum absolute atomic E-state index is 12.9. The molecule has 0 aromatic heterocycles. The van der Waals surface area contributed by atoms with Crippen LogP contribution in [0.2, 0.25) is 0 Å². The number of benzene rings is 2. The highest BCUT2D eigenvalue weighted by Gasteiger charge is 2.66. The van der Waals surface area contributed by atoms with Gasteiger partial charge in [0, 0.05) is 11.8 Å². The minimum atomic E-state index is -0.792. The molecule has 2 aromatic carbocycles. The Labute approximate surface area is 289 Å². The standard InChI is InChI=1S/C40H52O9/c1-25(14-17-35(42)43)30-15-16-31-36-32(22-34(40(30,31)3)47-24-49-38(45)27-12-8-5-9-13-27)39(2)19-18-29(41)20-28(39)21-33(36)46-23-48-37(44)26-10-6-4-7-11-26/h4-13,25,28-34,36,41H,14-24H2,1-3H3,(H,42,43)/t25-,28+,29-,30-,31+,32+,33-,34+,36+,39+,40-/m1/s1. The number of rotatable bonds is 12. The molecule has 0 aliphatic heterocycles. The molecule has 9 heteroatoms. The smallest absolute Gasteiger partial charge is 0.340 e. The summed E-state index contributed by atoms with van der Waals surface area (Å²) in [4.78, 5) is 37.3. The van der Waals surface area contributed by atoms with Crippen LogP contribution in [0.5, 0.6) is 0 Å². The predicted molar refractivity (Wildman–Crippen MR) is 181 cm³/mol. The first-order chi connectivity index (χ1) is 23.5. The van der Waals surface area contributed by atoms with Crippen LogP contribution in [0.4, 0.5) is 0 Å². The van der Waals surface area contributed by atoms with Crippen LogP contribution in [0.25, 0.3) is 0 Å². The summed E-state index contributed by atoms with van der Waals surface area (Å²) in [6, 6.07) is 17.8. The van der Waals surface area contributed by atoms with E-state index in [9.17, 15) is 24.6 Å². The van der Waals surface area contributed by atoms with Crippen molar-refractivity contribution in [2.45, 2.75) is 96.9 Å². The zero-order valence-corrected chi connectivity index (χ0v) is 29.0. The lowest BCUT2D eigenvalue weighted by Crippen LogP contribution is -2.63. The lowest BCUT2D eigenvalue weighted by Gasteiger charge is -2.64. The van der Waals surface area contributed by atoms with Crippen LogP contribution in [0.1, 0.15) is 99.3 Å². The summed E-state index contributed by atoms with van der Waals surface area (Å²) in [6.45, 7) is 6.53. The molecule has 4 fully saturated rings. The molecule has 4 aliphatic rings. The third-order valence-corrected chi connectivity index (χ3v) is 13.2. The number of hydrogen-bond donors (Lipinski definition) is 2. The van der Waals surface area contributed by atoms with Crippen molar-refractivity contribution in [1.29, 1.82) is 0 Å². The number of carboxylic acids is 1. The molecule has 0 spiro atoms. The maximum Gasteiger partial charge on any atom is 0.340 e. The summed E-state index contributed by atoms with van der Waals surface area (Å²) in [6.07, 6.45) is 5.76. The van der Waals surface area contributed by atoms with Gasteiger partial charge in [-0.05, 0) is 117 Å². The van der Waals surface area contributed by atoms with Crippen LogP contribution in [0.3, 0.4) is 0 Å². The number of carbonyl (C=O) groups excluding carboxylic acids is 2. The molecule has 0 amide bonds. The van der Waals surface area contributed by atoms with E-state index >= 15 is 0 Å². The molecule has 49 heavy (non-hydrogen) atoms. The zero-order valence-electron chi connectivity index (χ0n) is 29.0. The average molecular weight is 677 g/mol. The van der Waals surface area contributed by atoms with Gasteiger partial charge in [-0.2, -0.15) is 0 Å². The molecule has 2 N–H and O–H groups in total. The van der Waals surface area contributed by atoms with Crippen LogP contribution in [0, 0.1) is 46.3 Å². The van der Waals surface area contributed by atoms with Crippen molar-refractivity contribution in [3.63, 3.8) is 0 Å². The van der Waals surface area contributed by atoms with E-state index in [-0.39, 0.29) is 84.7 Å². The van der Waals surface area contributed by atoms with Crippen LogP contribution in [-0.4, -0.2) is 60.0 Å². The lowest BCUT2D eigenvalue weighted by molar-refractivity contribution is -0.243. The van der Waals surface area contributed by atoms with Crippen molar-refractivity contribution in [2.75, 3.05) is 13.6 Å². The van der Waals surface area contributed by atoms with E-state index < -0.39 is 17.9 Å². The molecule has 2 aromatic rings. The quantitative estimate of drug-likeness (QED) is 0.178. The van der Waals surface area contributed by atoms with Gasteiger partial charge in [0.05, 0.1) is 29.4 Å². The van der Waals surface area contributed by atoms with Crippen LogP contribution in [0.15, 0.2) is 60.7 Å². The predicted octanol–water partition coefficient (Wildman–Crippen LogP) is 7.13. The minimum absolute atomic E-state index is 0.0405. The number of fused-ring (bicyclic) bond motifs is 5. The maximum atomic E-state index is 12.9. The van der Waals surface area contributed by atoms with Crippen molar-refractivity contribution >= 4 is 17.9 Å². The SMILES string of the molecule is C[C@H](CCC(=O)O)[C@H]1CC[C@H]2[C@@H]3[C@H](OCOC(=O)c4ccccc4)C[C@@H]4C[C@H](O)CC[C@]4(C)[C@H]3C[C@H](OCOC(=O)c3ccccc3)[C@]12C. The number of aliphatic hydroxyl groups is 1. The van der Waals surface area contributed by atoms with E-state index in [2.05, 4.69) is 20.8 Å². The summed E-state index contributed by atoms with van der Waals surface area (Å²) in [7, 11) is 0. The number of carbonyl (C=O) groups is 3. The second-order valence-electron chi connectivity index (χ2n) is 15.5. The van der Waals surface area contributed by atoms with Crippen molar-refractivity contribution in [3.8, 4) is 0 Å². The molecule has 266 valence electrons. The Bertz CT molecular complexity index is 1450. The molecule has 11 atom stereocenters. The highest BCUT2D eigenvalue weighted by Crippen LogP contribution is 2.69. The second-order valence-corrected chi connectivity index (χ2v) is 15.5. The van der Waals surface area contributed by atoms with E-state index in [4.69, 9.17) is 18.9 Å². The van der Waals surface area contributed by atoms with Crippen molar-refractivity contribution < 1.29 is 43.5 Å². The zero-order chi connectivity index (χ0) is 34.8. The van der Waals surface area contributed by atoms with E-state index in [1.54, 1.807) is 48.5 Å². The molecular weight excluding hydrogens is 624 g/mol. The molecule has 4 aliphatic carbocycles. The van der Waals surface area contributed by atoms with E-state index in [0.717, 1.165) is 38.5 Å². The highest BCUT2D eigenvalue weighted by atomic mass is 16.7. The monoisotopic (exact) mass is 676 g/mol. The van der Waals surface area contributed by atoms with Gasteiger partial charge < -0.3 is 29.2 Å². The molecule has 0 radical (unpaired) electrons. The largest absolute Gasteiger partial charge is 0.481 e. The molecular formula is C40H52O9. The summed E-state index contributed by atoms with van der Waals surface area (Å²) in [5, 5.41) is 20.3. The molecule has 4 saturated carbocycles. The van der Waals surface area contributed by atoms with Crippen molar-refractivity contribution in [3.05, 3.63) is 71.8 Å². The Morgan fingerprint density at radius 2 is 1.43 bits per heavy atom. The summed E-state index contributed by atoms with van der Waals surface area (Å²) >= 11 is 0. The van der Waals surface area contributed by atoms with Crippen molar-refractivity contribution in [1.82, 2.24) is 0 Å². The van der Waals surface area contributed by atoms with Crippen LogP contribution >= 0.6 is 0 Å². The van der Waals surface area contributed by atoms with Crippen LogP contribution in [-0.2, 0) is 23.7 Å². The fourth-order valence-corrected chi connectivity index (χ4v) is 10.7. The topological polar surface area (TPSA) is 129 Å². The van der Waals surface area contributed by atoms with Gasteiger partial charge >= 0.3 is 17.9 Å². The van der Waals surface area contributed by atoms with Gasteiger partial charge in [0.15, 0.2) is 13.6 Å². The average Bonchev–Trinajstić information content (AvgIpc) is 3.46. The molecule has 0 heterocycles. The first-order valence-corrected chi connectivity index (χ1v) is 18.1. The van der Waals surface area contributed by atoms with Gasteiger partial charge in [-0.1, -0.05) is 57.2 Å². The molecule has 0 saturated heterocycles. The third-order valence-electron chi connectivity index (χ3n) is 13.2. The van der Waals surface area contributed by atoms with Crippen molar-refractivity contribution in [2.24, 2.45) is 46.3 Å². The number of hydrogen-bond acceptors (Lipinski definition) is 8. The fourth-order valence-electron chi connectivity index (χ4n) is 10.7. The molecule has 0 bridgehead atoms. The fraction of sp³-hybridized carbons (Fsp3) is 0.625. The minimum Gasteiger partial charge on any atom is -0.481 e. The molecule has 9 nitrogen and oxygen atoms in total. The summed E-state index contributed by atoms with van der Waals surface area (Å²) in [5.41, 5.74) is 0.582. The highest BCUT2D eigenvalue weighted by molar-refractivity contribution is 5.89. The van der Waals surface area contributed by atoms with E-state index in [1.165, 1.54) is 0 Å². The van der Waals surface area contributed by atoms with Crippen LogP contribution < -0.4 is 0 Å². The number of aliphatic hydroxyl groups excluding tert-OH is 1. The number of ether oxygens (including phenoxy) is 4. The van der Waals surface area contributed by atoms with Gasteiger partial charge in [-0.15, -0.1) is 0 Å². The normalized spacial score (nSPS) is 35.7. The Morgan fingerprint density at radius 1 is 0.816 bits per heavy atom. The number of esters is 2. The molecule has 0 unspecified atom stereocenters. The lowest BCUT2D eigenvalue weighted by atomic mass is 9.43. The third kappa shape index (κ3) is 7.17. The summed E-state index contributed by atoms with van der Waals surface area (Å²) in [5.74, 6) is -0.455. The Morgan fingerprint density at radius 3 is 2.04 bits per heavy atom. The van der Waals surface area contributed by atoms with E-state index in [0.29, 0.717) is 24.0 Å². The number of carboxylic acid groups (broad SMARTS) is 1. The first kappa shape index (κ1) is 35.6. The van der Waals surface area contributed by atoms with Gasteiger partial charge in [-0.3, -0.25) is 4.79 Å². The Hall–Kier alpha value is -3.27. The first-order valence-electron chi connectivity index (χ1n) is 18.1. The molecule has 6 rings (SSSR count).